The van der Waals surface area contributed by atoms with Crippen molar-refractivity contribution in [1.82, 2.24) is 4.98 Å². The Hall–Kier alpha value is -1.46. The summed E-state index contributed by atoms with van der Waals surface area (Å²) in [5.41, 5.74) is 10.3. The lowest BCUT2D eigenvalue weighted by molar-refractivity contribution is -0.144. The van der Waals surface area contributed by atoms with Gasteiger partial charge in [-0.3, -0.25) is 4.98 Å². The Morgan fingerprint density at radius 1 is 1.44 bits per heavy atom. The number of aromatic nitrogens is 1. The van der Waals surface area contributed by atoms with Crippen LogP contribution in [0.25, 0.3) is 0 Å². The van der Waals surface area contributed by atoms with Crippen LogP contribution in [-0.2, 0) is 10.3 Å². The third kappa shape index (κ3) is 2.77. The zero-order valence-corrected chi connectivity index (χ0v) is 9.10. The molecule has 0 amide bonds. The fourth-order valence-corrected chi connectivity index (χ4v) is 1.52. The number of pyridine rings is 1. The van der Waals surface area contributed by atoms with E-state index < -0.39 is 11.5 Å². The maximum atomic E-state index is 11.2. The first-order valence-corrected chi connectivity index (χ1v) is 5.25. The van der Waals surface area contributed by atoms with Crippen LogP contribution in [0.4, 0.5) is 0 Å². The number of hydrogen-bond acceptors (Lipinski definition) is 4. The summed E-state index contributed by atoms with van der Waals surface area (Å²) in [5, 5.41) is 9.19. The Labute approximate surface area is 94.5 Å². The largest absolute Gasteiger partial charge is 0.480 e. The Kier molecular flexibility index (Phi) is 4.39. The standard InChI is InChI=1S/C11H17N3O2/c12-7-3-2-6-11(13,10(15)16)9-5-1-4-8-14-9/h1,4-5,8H,2-3,6-7,12-13H2,(H,15,16)/t11-/m1/s1. The van der Waals surface area contributed by atoms with E-state index in [9.17, 15) is 9.90 Å². The van der Waals surface area contributed by atoms with Crippen molar-refractivity contribution in [3.05, 3.63) is 30.1 Å². The molecule has 0 aliphatic heterocycles. The van der Waals surface area contributed by atoms with Gasteiger partial charge in [-0.05, 0) is 37.9 Å². The van der Waals surface area contributed by atoms with Gasteiger partial charge in [-0.1, -0.05) is 6.07 Å². The quantitative estimate of drug-likeness (QED) is 0.608. The zero-order chi connectivity index (χ0) is 12.0. The summed E-state index contributed by atoms with van der Waals surface area (Å²) < 4.78 is 0. The van der Waals surface area contributed by atoms with Gasteiger partial charge in [0.05, 0.1) is 5.69 Å². The third-order valence-electron chi connectivity index (χ3n) is 2.53. The molecule has 0 spiro atoms. The summed E-state index contributed by atoms with van der Waals surface area (Å²) in [4.78, 5) is 15.2. The molecule has 5 heteroatoms. The number of carbonyl (C=O) groups is 1. The lowest BCUT2D eigenvalue weighted by Gasteiger charge is -2.23. The van der Waals surface area contributed by atoms with Gasteiger partial charge in [-0.2, -0.15) is 0 Å². The first kappa shape index (κ1) is 12.6. The molecule has 0 radical (unpaired) electrons. The van der Waals surface area contributed by atoms with Crippen LogP contribution in [-0.4, -0.2) is 22.6 Å². The van der Waals surface area contributed by atoms with Crippen molar-refractivity contribution in [2.24, 2.45) is 11.5 Å². The molecular formula is C11H17N3O2. The highest BCUT2D eigenvalue weighted by molar-refractivity contribution is 5.79. The van der Waals surface area contributed by atoms with Crippen molar-refractivity contribution in [2.75, 3.05) is 6.54 Å². The van der Waals surface area contributed by atoms with E-state index >= 15 is 0 Å². The van der Waals surface area contributed by atoms with Crippen molar-refractivity contribution in [1.29, 1.82) is 0 Å². The fraction of sp³-hybridized carbons (Fsp3) is 0.455. The van der Waals surface area contributed by atoms with E-state index in [0.717, 1.165) is 6.42 Å². The van der Waals surface area contributed by atoms with Gasteiger partial charge in [0, 0.05) is 6.20 Å². The van der Waals surface area contributed by atoms with Crippen molar-refractivity contribution in [3.8, 4) is 0 Å². The first-order chi connectivity index (χ1) is 7.61. The van der Waals surface area contributed by atoms with E-state index in [0.29, 0.717) is 25.1 Å². The van der Waals surface area contributed by atoms with Crippen LogP contribution < -0.4 is 11.5 Å². The van der Waals surface area contributed by atoms with Crippen LogP contribution >= 0.6 is 0 Å². The van der Waals surface area contributed by atoms with Crippen LogP contribution in [0.5, 0.6) is 0 Å². The minimum atomic E-state index is -1.41. The molecule has 5 N–H and O–H groups in total. The Bertz CT molecular complexity index is 342. The fourth-order valence-electron chi connectivity index (χ4n) is 1.52. The van der Waals surface area contributed by atoms with Crippen molar-refractivity contribution >= 4 is 5.97 Å². The molecule has 0 aliphatic rings. The Morgan fingerprint density at radius 3 is 2.69 bits per heavy atom. The van der Waals surface area contributed by atoms with Crippen molar-refractivity contribution in [2.45, 2.75) is 24.8 Å². The molecule has 0 aliphatic carbocycles. The number of carboxylic acids is 1. The molecule has 0 saturated carbocycles. The highest BCUT2D eigenvalue weighted by Gasteiger charge is 2.36. The predicted octanol–water partition coefficient (Wildman–Crippen LogP) is 0.449. The van der Waals surface area contributed by atoms with Gasteiger partial charge in [0.25, 0.3) is 0 Å². The Morgan fingerprint density at radius 2 is 2.19 bits per heavy atom. The topological polar surface area (TPSA) is 102 Å². The van der Waals surface area contributed by atoms with Gasteiger partial charge in [0.1, 0.15) is 0 Å². The number of nitrogens with two attached hydrogens (primary N) is 2. The molecule has 1 heterocycles. The molecule has 16 heavy (non-hydrogen) atoms. The second-order valence-electron chi connectivity index (χ2n) is 3.74. The summed E-state index contributed by atoms with van der Waals surface area (Å²) in [5.74, 6) is -1.05. The van der Waals surface area contributed by atoms with E-state index in [4.69, 9.17) is 11.5 Å². The molecule has 1 atom stereocenters. The summed E-state index contributed by atoms with van der Waals surface area (Å²) in [6.45, 7) is 0.540. The van der Waals surface area contributed by atoms with E-state index in [1.165, 1.54) is 0 Å². The highest BCUT2D eigenvalue weighted by atomic mass is 16.4. The maximum absolute atomic E-state index is 11.2. The van der Waals surface area contributed by atoms with Gasteiger partial charge in [0.2, 0.25) is 0 Å². The number of nitrogens with zero attached hydrogens (tertiary/aromatic N) is 1. The lowest BCUT2D eigenvalue weighted by Crippen LogP contribution is -2.45. The molecule has 0 bridgehead atoms. The molecule has 5 nitrogen and oxygen atoms in total. The third-order valence-corrected chi connectivity index (χ3v) is 2.53. The smallest absolute Gasteiger partial charge is 0.329 e. The number of aliphatic carboxylic acids is 1. The second kappa shape index (κ2) is 5.58. The molecule has 0 saturated heterocycles. The molecule has 1 aromatic heterocycles. The predicted molar refractivity (Wildman–Crippen MR) is 60.6 cm³/mol. The van der Waals surface area contributed by atoms with Gasteiger partial charge >= 0.3 is 5.97 Å². The average molecular weight is 223 g/mol. The molecule has 0 unspecified atom stereocenters. The minimum absolute atomic E-state index is 0.344. The molecule has 88 valence electrons. The summed E-state index contributed by atoms with van der Waals surface area (Å²) >= 11 is 0. The van der Waals surface area contributed by atoms with Crippen LogP contribution in [0, 0.1) is 0 Å². The summed E-state index contributed by atoms with van der Waals surface area (Å²) in [6, 6.07) is 5.10. The van der Waals surface area contributed by atoms with E-state index in [-0.39, 0.29) is 0 Å². The molecule has 1 rings (SSSR count). The normalized spacial score (nSPS) is 14.4. The monoisotopic (exact) mass is 223 g/mol. The van der Waals surface area contributed by atoms with Gasteiger partial charge < -0.3 is 16.6 Å². The summed E-state index contributed by atoms with van der Waals surface area (Å²) in [7, 11) is 0. The Balaban J connectivity index is 2.85. The maximum Gasteiger partial charge on any atom is 0.329 e. The number of rotatable bonds is 6. The molecule has 1 aromatic rings. The molecule has 0 aromatic carbocycles. The summed E-state index contributed by atoms with van der Waals surface area (Å²) in [6.07, 6.45) is 3.33. The number of hydrogen-bond donors (Lipinski definition) is 3. The average Bonchev–Trinajstić information content (AvgIpc) is 2.30. The SMILES string of the molecule is NCCCC[C@](N)(C(=O)O)c1ccccn1. The molecular weight excluding hydrogens is 206 g/mol. The van der Waals surface area contributed by atoms with E-state index in [2.05, 4.69) is 4.98 Å². The van der Waals surface area contributed by atoms with E-state index in [1.807, 2.05) is 0 Å². The first-order valence-electron chi connectivity index (χ1n) is 5.25. The van der Waals surface area contributed by atoms with Gasteiger partial charge in [-0.15, -0.1) is 0 Å². The highest BCUT2D eigenvalue weighted by Crippen LogP contribution is 2.22. The van der Waals surface area contributed by atoms with Crippen molar-refractivity contribution < 1.29 is 9.90 Å². The van der Waals surface area contributed by atoms with Crippen molar-refractivity contribution in [3.63, 3.8) is 0 Å². The lowest BCUT2D eigenvalue weighted by atomic mass is 9.89. The number of unbranched alkanes of at least 4 members (excludes halogenated alkanes) is 1. The van der Waals surface area contributed by atoms with Crippen LogP contribution in [0.15, 0.2) is 24.4 Å². The van der Waals surface area contributed by atoms with Crippen LogP contribution in [0.3, 0.4) is 0 Å². The van der Waals surface area contributed by atoms with E-state index in [1.54, 1.807) is 24.4 Å². The zero-order valence-electron chi connectivity index (χ0n) is 9.10. The van der Waals surface area contributed by atoms with Crippen LogP contribution in [0.2, 0.25) is 0 Å². The number of carboxylic acid groups (broad SMARTS) is 1. The molecule has 0 fully saturated rings. The second-order valence-corrected chi connectivity index (χ2v) is 3.74. The van der Waals surface area contributed by atoms with Gasteiger partial charge in [0.15, 0.2) is 5.54 Å². The van der Waals surface area contributed by atoms with Crippen LogP contribution in [0.1, 0.15) is 25.0 Å². The van der Waals surface area contributed by atoms with Gasteiger partial charge in [-0.25, -0.2) is 4.79 Å². The minimum Gasteiger partial charge on any atom is -0.480 e.